The number of amides is 1. The number of benzene rings is 1. The van der Waals surface area contributed by atoms with E-state index in [0.717, 1.165) is 5.39 Å². The van der Waals surface area contributed by atoms with Crippen LogP contribution in [0, 0.1) is 0 Å². The summed E-state index contributed by atoms with van der Waals surface area (Å²) in [5, 5.41) is 12.0. The van der Waals surface area contributed by atoms with Crippen LogP contribution in [0.15, 0.2) is 30.5 Å². The van der Waals surface area contributed by atoms with Crippen LogP contribution in [0.4, 0.5) is 0 Å². The maximum atomic E-state index is 11.6. The molecule has 0 aliphatic heterocycles. The van der Waals surface area contributed by atoms with Gasteiger partial charge in [0.1, 0.15) is 6.54 Å². The number of aliphatic carboxylic acids is 1. The summed E-state index contributed by atoms with van der Waals surface area (Å²) in [6.07, 6.45) is 1.40. The number of carbonyl (C=O) groups excluding carboxylic acids is 1. The first-order valence-corrected chi connectivity index (χ1v) is 5.49. The van der Waals surface area contributed by atoms with Crippen LogP contribution in [0.5, 0.6) is 0 Å². The van der Waals surface area contributed by atoms with Gasteiger partial charge in [-0.1, -0.05) is 11.6 Å². The summed E-state index contributed by atoms with van der Waals surface area (Å²) >= 11 is 5.85. The molecule has 0 saturated heterocycles. The fourth-order valence-corrected chi connectivity index (χ4v) is 1.67. The van der Waals surface area contributed by atoms with Gasteiger partial charge in [0.25, 0.3) is 5.91 Å². The van der Waals surface area contributed by atoms with E-state index in [9.17, 15) is 9.59 Å². The highest BCUT2D eigenvalue weighted by atomic mass is 35.5. The van der Waals surface area contributed by atoms with Gasteiger partial charge in [0, 0.05) is 16.6 Å². The van der Waals surface area contributed by atoms with E-state index in [-0.39, 0.29) is 0 Å². The largest absolute Gasteiger partial charge is 0.480 e. The lowest BCUT2D eigenvalue weighted by Crippen LogP contribution is -2.29. The number of carboxylic acids is 1. The molecular formula is C12H9ClN2O3. The number of nitrogens with one attached hydrogen (secondary N) is 1. The molecule has 0 spiro atoms. The van der Waals surface area contributed by atoms with Crippen molar-refractivity contribution in [3.8, 4) is 0 Å². The summed E-state index contributed by atoms with van der Waals surface area (Å²) < 4.78 is 0. The highest BCUT2D eigenvalue weighted by Gasteiger charge is 2.08. The Bertz CT molecular complexity index is 628. The number of fused-ring (bicyclic) bond motifs is 1. The minimum atomic E-state index is -1.10. The molecule has 1 aromatic heterocycles. The lowest BCUT2D eigenvalue weighted by atomic mass is 10.1. The lowest BCUT2D eigenvalue weighted by Gasteiger charge is -2.04. The average Bonchev–Trinajstić information content (AvgIpc) is 2.34. The first-order chi connectivity index (χ1) is 8.56. The van der Waals surface area contributed by atoms with E-state index >= 15 is 0 Å². The zero-order chi connectivity index (χ0) is 13.1. The van der Waals surface area contributed by atoms with Crippen molar-refractivity contribution in [2.75, 3.05) is 6.54 Å². The molecule has 0 unspecified atom stereocenters. The molecular weight excluding hydrogens is 256 g/mol. The number of hydrogen-bond acceptors (Lipinski definition) is 3. The summed E-state index contributed by atoms with van der Waals surface area (Å²) in [7, 11) is 0. The minimum Gasteiger partial charge on any atom is -0.480 e. The van der Waals surface area contributed by atoms with Gasteiger partial charge in [-0.3, -0.25) is 14.6 Å². The van der Waals surface area contributed by atoms with Gasteiger partial charge in [-0.25, -0.2) is 0 Å². The van der Waals surface area contributed by atoms with Crippen molar-refractivity contribution in [2.45, 2.75) is 0 Å². The van der Waals surface area contributed by atoms with Crippen molar-refractivity contribution in [2.24, 2.45) is 0 Å². The van der Waals surface area contributed by atoms with Crippen molar-refractivity contribution in [1.82, 2.24) is 10.3 Å². The first kappa shape index (κ1) is 12.3. The second kappa shape index (κ2) is 5.01. The number of carbonyl (C=O) groups is 2. The Morgan fingerprint density at radius 3 is 2.83 bits per heavy atom. The number of nitrogens with zero attached hydrogens (tertiary/aromatic N) is 1. The molecule has 1 heterocycles. The predicted octanol–water partition coefficient (Wildman–Crippen LogP) is 1.70. The Morgan fingerprint density at radius 1 is 1.33 bits per heavy atom. The topological polar surface area (TPSA) is 79.3 Å². The number of pyridine rings is 1. The third kappa shape index (κ3) is 2.75. The van der Waals surface area contributed by atoms with Gasteiger partial charge >= 0.3 is 5.97 Å². The van der Waals surface area contributed by atoms with Gasteiger partial charge in [-0.15, -0.1) is 0 Å². The van der Waals surface area contributed by atoms with E-state index in [2.05, 4.69) is 10.3 Å². The molecule has 2 N–H and O–H groups in total. The molecule has 92 valence electrons. The summed E-state index contributed by atoms with van der Waals surface area (Å²) in [4.78, 5) is 26.1. The smallest absolute Gasteiger partial charge is 0.322 e. The van der Waals surface area contributed by atoms with Crippen LogP contribution in [0.2, 0.25) is 5.02 Å². The third-order valence-electron chi connectivity index (χ3n) is 2.31. The molecule has 6 heteroatoms. The monoisotopic (exact) mass is 264 g/mol. The van der Waals surface area contributed by atoms with Crippen molar-refractivity contribution < 1.29 is 14.7 Å². The summed E-state index contributed by atoms with van der Waals surface area (Å²) in [6.45, 7) is -0.424. The van der Waals surface area contributed by atoms with E-state index < -0.39 is 18.4 Å². The van der Waals surface area contributed by atoms with Gasteiger partial charge in [0.15, 0.2) is 0 Å². The van der Waals surface area contributed by atoms with Crippen LogP contribution < -0.4 is 5.32 Å². The Morgan fingerprint density at radius 2 is 2.11 bits per heavy atom. The summed E-state index contributed by atoms with van der Waals surface area (Å²) in [5.41, 5.74) is 1.01. The maximum absolute atomic E-state index is 11.6. The lowest BCUT2D eigenvalue weighted by molar-refractivity contribution is -0.135. The number of halogens is 1. The van der Waals surface area contributed by atoms with Crippen molar-refractivity contribution in [3.05, 3.63) is 41.0 Å². The predicted molar refractivity (Wildman–Crippen MR) is 66.7 cm³/mol. The third-order valence-corrected chi connectivity index (χ3v) is 2.54. The molecule has 0 fully saturated rings. The number of hydrogen-bond donors (Lipinski definition) is 2. The van der Waals surface area contributed by atoms with E-state index in [1.807, 2.05) is 0 Å². The average molecular weight is 265 g/mol. The molecule has 18 heavy (non-hydrogen) atoms. The molecule has 0 saturated carbocycles. The van der Waals surface area contributed by atoms with Gasteiger partial charge in [-0.2, -0.15) is 0 Å². The van der Waals surface area contributed by atoms with Crippen LogP contribution in [0.3, 0.4) is 0 Å². The summed E-state index contributed by atoms with van der Waals surface area (Å²) in [6, 6.07) is 6.76. The molecule has 5 nitrogen and oxygen atoms in total. The fraction of sp³-hybridized carbons (Fsp3) is 0.0833. The van der Waals surface area contributed by atoms with E-state index in [1.54, 1.807) is 24.3 Å². The van der Waals surface area contributed by atoms with Gasteiger partial charge in [0.2, 0.25) is 0 Å². The standard InChI is InChI=1S/C12H9ClN2O3/c13-9-1-2-10-7(4-9)3-8(5-14-10)12(18)15-6-11(16)17/h1-5H,6H2,(H,15,18)(H,16,17). The highest BCUT2D eigenvalue weighted by Crippen LogP contribution is 2.18. The van der Waals surface area contributed by atoms with E-state index in [4.69, 9.17) is 16.7 Å². The van der Waals surface area contributed by atoms with Gasteiger partial charge < -0.3 is 10.4 Å². The van der Waals surface area contributed by atoms with Crippen molar-refractivity contribution in [3.63, 3.8) is 0 Å². The maximum Gasteiger partial charge on any atom is 0.322 e. The second-order valence-corrected chi connectivity index (χ2v) is 4.07. The van der Waals surface area contributed by atoms with E-state index in [1.165, 1.54) is 6.20 Å². The molecule has 0 bridgehead atoms. The van der Waals surface area contributed by atoms with Crippen molar-refractivity contribution in [1.29, 1.82) is 0 Å². The normalized spacial score (nSPS) is 10.3. The Hall–Kier alpha value is -2.14. The molecule has 2 aromatic rings. The first-order valence-electron chi connectivity index (χ1n) is 5.11. The molecule has 2 rings (SSSR count). The van der Waals surface area contributed by atoms with Gasteiger partial charge in [0.05, 0.1) is 11.1 Å². The molecule has 0 radical (unpaired) electrons. The Balaban J connectivity index is 2.28. The zero-order valence-electron chi connectivity index (χ0n) is 9.18. The van der Waals surface area contributed by atoms with Crippen LogP contribution >= 0.6 is 11.6 Å². The van der Waals surface area contributed by atoms with Crippen LogP contribution in [0.1, 0.15) is 10.4 Å². The minimum absolute atomic E-state index is 0.297. The number of rotatable bonds is 3. The molecule has 1 aromatic carbocycles. The van der Waals surface area contributed by atoms with Crippen LogP contribution in [-0.4, -0.2) is 28.5 Å². The molecule has 0 aliphatic carbocycles. The summed E-state index contributed by atoms with van der Waals surface area (Å²) in [5.74, 6) is -1.58. The molecule has 0 atom stereocenters. The Labute approximate surface area is 107 Å². The quantitative estimate of drug-likeness (QED) is 0.884. The van der Waals surface area contributed by atoms with Crippen molar-refractivity contribution >= 4 is 34.4 Å². The number of aromatic nitrogens is 1. The SMILES string of the molecule is O=C(O)CNC(=O)c1cnc2ccc(Cl)cc2c1. The van der Waals surface area contributed by atoms with Crippen LogP contribution in [0.25, 0.3) is 10.9 Å². The second-order valence-electron chi connectivity index (χ2n) is 3.64. The van der Waals surface area contributed by atoms with E-state index in [0.29, 0.717) is 16.1 Å². The fourth-order valence-electron chi connectivity index (χ4n) is 1.48. The van der Waals surface area contributed by atoms with Gasteiger partial charge in [-0.05, 0) is 24.3 Å². The zero-order valence-corrected chi connectivity index (χ0v) is 9.94. The molecule has 1 amide bonds. The number of carboxylic acid groups (broad SMARTS) is 1. The molecule has 0 aliphatic rings. The highest BCUT2D eigenvalue weighted by molar-refractivity contribution is 6.31. The van der Waals surface area contributed by atoms with Crippen LogP contribution in [-0.2, 0) is 4.79 Å². The Kier molecular flexibility index (Phi) is 3.43.